The molecule has 1 rings (SSSR count). The van der Waals surface area contributed by atoms with Crippen LogP contribution >= 0.6 is 24.0 Å². The molecule has 2 heteroatoms. The van der Waals surface area contributed by atoms with E-state index in [4.69, 9.17) is 0 Å². The Labute approximate surface area is 77.4 Å². The van der Waals surface area contributed by atoms with E-state index in [0.29, 0.717) is 0 Å². The fourth-order valence-electron chi connectivity index (χ4n) is 0.814. The highest BCUT2D eigenvalue weighted by molar-refractivity contribution is 7.84. The molecule has 0 amide bonds. The molecule has 0 atom stereocenters. The summed E-state index contributed by atoms with van der Waals surface area (Å²) in [6.45, 7) is 6.25. The van der Waals surface area contributed by atoms with Crippen LogP contribution < -0.4 is 0 Å². The Morgan fingerprint density at radius 2 is 2.00 bits per heavy atom. The van der Waals surface area contributed by atoms with Crippen molar-refractivity contribution in [3.63, 3.8) is 0 Å². The Balaban J connectivity index is 3.03. The Morgan fingerprint density at radius 3 is 2.36 bits per heavy atom. The molecule has 0 unspecified atom stereocenters. The highest BCUT2D eigenvalue weighted by Crippen LogP contribution is 2.26. The van der Waals surface area contributed by atoms with Crippen molar-refractivity contribution in [3.8, 4) is 0 Å². The van der Waals surface area contributed by atoms with Gasteiger partial charge in [-0.05, 0) is 43.4 Å². The summed E-state index contributed by atoms with van der Waals surface area (Å²) in [4.78, 5) is 3.79. The third-order valence-corrected chi connectivity index (χ3v) is 3.11. The lowest BCUT2D eigenvalue weighted by atomic mass is 10.2. The van der Waals surface area contributed by atoms with E-state index >= 15 is 0 Å². The average molecular weight is 184 g/mol. The predicted octanol–water partition coefficient (Wildman–Crippen LogP) is 3.74. The van der Waals surface area contributed by atoms with E-state index < -0.39 is 0 Å². The van der Waals surface area contributed by atoms with Crippen molar-refractivity contribution in [2.24, 2.45) is 0 Å². The maximum Gasteiger partial charge on any atom is 0.0310 e. The molecule has 11 heavy (non-hydrogen) atoms. The minimum Gasteiger partial charge on any atom is -0.148 e. The maximum atomic E-state index is 4.30. The van der Waals surface area contributed by atoms with Crippen molar-refractivity contribution in [2.75, 3.05) is 0 Å². The molecule has 0 nitrogen and oxygen atoms in total. The number of allylic oxidation sites excluding steroid dienone is 2. The van der Waals surface area contributed by atoms with Gasteiger partial charge in [-0.3, -0.25) is 0 Å². The number of thiophene rings is 1. The van der Waals surface area contributed by atoms with Gasteiger partial charge in [0, 0.05) is 9.75 Å². The van der Waals surface area contributed by atoms with Crippen molar-refractivity contribution in [3.05, 3.63) is 26.8 Å². The molecule has 0 aromatic carbocycles. The minimum absolute atomic E-state index is 1.10. The van der Waals surface area contributed by atoms with Crippen molar-refractivity contribution in [1.29, 1.82) is 0 Å². The van der Waals surface area contributed by atoms with Crippen LogP contribution in [0.3, 0.4) is 0 Å². The molecule has 0 saturated carbocycles. The van der Waals surface area contributed by atoms with Crippen molar-refractivity contribution in [1.82, 2.24) is 0 Å². The molecule has 0 saturated heterocycles. The molecule has 0 N–H and O–H groups in total. The molecule has 0 radical (unpaired) electrons. The Kier molecular flexibility index (Phi) is 2.79. The summed E-state index contributed by atoms with van der Waals surface area (Å²) < 4.78 is 0. The first-order valence-electron chi connectivity index (χ1n) is 3.54. The predicted molar refractivity (Wildman–Crippen MR) is 56.3 cm³/mol. The van der Waals surface area contributed by atoms with Crippen LogP contribution in [0, 0.1) is 6.92 Å². The molecule has 0 bridgehead atoms. The van der Waals surface area contributed by atoms with Crippen LogP contribution in [0.25, 0.3) is 5.57 Å². The zero-order valence-electron chi connectivity index (χ0n) is 7.01. The van der Waals surface area contributed by atoms with Gasteiger partial charge < -0.3 is 0 Å². The molecule has 0 aliphatic heterocycles. The topological polar surface area (TPSA) is 0 Å². The monoisotopic (exact) mass is 184 g/mol. The molecule has 0 spiro atoms. The van der Waals surface area contributed by atoms with Crippen LogP contribution in [0.15, 0.2) is 17.0 Å². The van der Waals surface area contributed by atoms with E-state index in [1.54, 1.807) is 0 Å². The van der Waals surface area contributed by atoms with E-state index in [2.05, 4.69) is 38.6 Å². The van der Waals surface area contributed by atoms with Gasteiger partial charge >= 0.3 is 0 Å². The van der Waals surface area contributed by atoms with Gasteiger partial charge in [0.25, 0.3) is 0 Å². The SMILES string of the molecule is C/C(S)=C(\C)c1ccc(C)s1. The number of aryl methyl sites for hydroxylation is 1. The van der Waals surface area contributed by atoms with Gasteiger partial charge in [0.05, 0.1) is 0 Å². The molecule has 0 aliphatic carbocycles. The second-order valence-corrected chi connectivity index (χ2v) is 4.58. The van der Waals surface area contributed by atoms with Gasteiger partial charge in [0.2, 0.25) is 0 Å². The zero-order chi connectivity index (χ0) is 8.43. The van der Waals surface area contributed by atoms with E-state index in [9.17, 15) is 0 Å². The third kappa shape index (κ3) is 2.11. The Morgan fingerprint density at radius 1 is 1.36 bits per heavy atom. The lowest BCUT2D eigenvalue weighted by Crippen LogP contribution is -1.72. The molecule has 0 fully saturated rings. The second-order valence-electron chi connectivity index (χ2n) is 2.62. The number of rotatable bonds is 1. The van der Waals surface area contributed by atoms with E-state index in [0.717, 1.165) is 4.91 Å². The van der Waals surface area contributed by atoms with Crippen LogP contribution in [0.1, 0.15) is 23.6 Å². The van der Waals surface area contributed by atoms with Gasteiger partial charge in [0.1, 0.15) is 0 Å². The molecule has 1 aromatic heterocycles. The summed E-state index contributed by atoms with van der Waals surface area (Å²) >= 11 is 6.12. The lowest BCUT2D eigenvalue weighted by Gasteiger charge is -1.97. The van der Waals surface area contributed by atoms with Crippen molar-refractivity contribution >= 4 is 29.5 Å². The van der Waals surface area contributed by atoms with E-state index in [1.165, 1.54) is 15.3 Å². The molecular weight excluding hydrogens is 172 g/mol. The third-order valence-electron chi connectivity index (χ3n) is 1.65. The summed E-state index contributed by atoms with van der Waals surface area (Å²) in [5, 5.41) is 0. The molecule has 60 valence electrons. The fraction of sp³-hybridized carbons (Fsp3) is 0.333. The number of hydrogen-bond donors (Lipinski definition) is 1. The second kappa shape index (κ2) is 3.46. The van der Waals surface area contributed by atoms with Crippen LogP contribution in [0.5, 0.6) is 0 Å². The van der Waals surface area contributed by atoms with E-state index in [1.807, 2.05) is 18.3 Å². The molecule has 1 heterocycles. The Bertz CT molecular complexity index is 278. The highest BCUT2D eigenvalue weighted by atomic mass is 32.1. The highest BCUT2D eigenvalue weighted by Gasteiger charge is 1.99. The average Bonchev–Trinajstić information content (AvgIpc) is 2.34. The van der Waals surface area contributed by atoms with Gasteiger partial charge in [-0.15, -0.1) is 24.0 Å². The normalized spacial score (nSPS) is 13.1. The van der Waals surface area contributed by atoms with Gasteiger partial charge in [0.15, 0.2) is 0 Å². The quantitative estimate of drug-likeness (QED) is 0.632. The molecule has 1 aromatic rings. The summed E-state index contributed by atoms with van der Waals surface area (Å²) in [6, 6.07) is 4.29. The van der Waals surface area contributed by atoms with Crippen LogP contribution in [-0.2, 0) is 0 Å². The summed E-state index contributed by atoms with van der Waals surface area (Å²) in [5.41, 5.74) is 1.28. The fourth-order valence-corrected chi connectivity index (χ4v) is 1.94. The van der Waals surface area contributed by atoms with Crippen LogP contribution in [0.2, 0.25) is 0 Å². The van der Waals surface area contributed by atoms with Gasteiger partial charge in [-0.2, -0.15) is 0 Å². The van der Waals surface area contributed by atoms with Gasteiger partial charge in [-0.25, -0.2) is 0 Å². The molecule has 0 aliphatic rings. The first-order chi connectivity index (χ1) is 5.11. The number of thiol groups is 1. The minimum atomic E-state index is 1.10. The lowest BCUT2D eigenvalue weighted by molar-refractivity contribution is 1.60. The van der Waals surface area contributed by atoms with Crippen LogP contribution in [0.4, 0.5) is 0 Å². The number of hydrogen-bond acceptors (Lipinski definition) is 2. The zero-order valence-corrected chi connectivity index (χ0v) is 8.72. The first-order valence-corrected chi connectivity index (χ1v) is 4.81. The summed E-state index contributed by atoms with van der Waals surface area (Å²) in [5.74, 6) is 0. The Hall–Kier alpha value is -0.210. The first kappa shape index (κ1) is 8.88. The van der Waals surface area contributed by atoms with Crippen molar-refractivity contribution < 1.29 is 0 Å². The largest absolute Gasteiger partial charge is 0.148 e. The van der Waals surface area contributed by atoms with Crippen LogP contribution in [-0.4, -0.2) is 0 Å². The summed E-state index contributed by atoms with van der Waals surface area (Å²) in [7, 11) is 0. The standard InChI is InChI=1S/C9H12S2/c1-6-4-5-9(11-6)7(2)8(3)10/h4-5,10H,1-3H3/b8-7-. The summed E-state index contributed by atoms with van der Waals surface area (Å²) in [6.07, 6.45) is 0. The smallest absolute Gasteiger partial charge is 0.0310 e. The van der Waals surface area contributed by atoms with Crippen molar-refractivity contribution in [2.45, 2.75) is 20.8 Å². The maximum absolute atomic E-state index is 4.30. The van der Waals surface area contributed by atoms with E-state index in [-0.39, 0.29) is 0 Å². The van der Waals surface area contributed by atoms with Gasteiger partial charge in [-0.1, -0.05) is 0 Å². The molecular formula is C9H12S2.